The first-order valence-corrected chi connectivity index (χ1v) is 6.72. The average Bonchev–Trinajstić information content (AvgIpc) is 2.98. The number of amides is 1. The van der Waals surface area contributed by atoms with Gasteiger partial charge in [0.2, 0.25) is 0 Å². The maximum absolute atomic E-state index is 13.3. The van der Waals surface area contributed by atoms with Gasteiger partial charge in [-0.1, -0.05) is 6.07 Å². The van der Waals surface area contributed by atoms with Gasteiger partial charge in [0.25, 0.3) is 5.91 Å². The van der Waals surface area contributed by atoms with Crippen molar-refractivity contribution >= 4 is 11.7 Å². The first kappa shape index (κ1) is 15.9. The molecule has 0 saturated carbocycles. The fourth-order valence-corrected chi connectivity index (χ4v) is 2.08. The quantitative estimate of drug-likeness (QED) is 0.881. The lowest BCUT2D eigenvalue weighted by atomic mass is 10.1. The van der Waals surface area contributed by atoms with Crippen molar-refractivity contribution in [2.75, 3.05) is 7.05 Å². The lowest BCUT2D eigenvalue weighted by molar-refractivity contribution is 0.0737. The van der Waals surface area contributed by atoms with Crippen molar-refractivity contribution in [3.63, 3.8) is 0 Å². The summed E-state index contributed by atoms with van der Waals surface area (Å²) in [6.07, 6.45) is 1.46. The molecule has 116 valence electrons. The number of Topliss-reactive ketones (excluding diaryl/α,β-unsaturated/α-hetero) is 1. The van der Waals surface area contributed by atoms with E-state index in [0.29, 0.717) is 11.1 Å². The van der Waals surface area contributed by atoms with E-state index in [1.54, 1.807) is 14.0 Å². The molecular formula is C16H16F2N2O2. The van der Waals surface area contributed by atoms with Crippen LogP contribution < -0.4 is 0 Å². The molecule has 0 radical (unpaired) electrons. The van der Waals surface area contributed by atoms with Crippen molar-refractivity contribution in [1.29, 1.82) is 0 Å². The summed E-state index contributed by atoms with van der Waals surface area (Å²) in [5.41, 5.74) is 1.16. The van der Waals surface area contributed by atoms with Crippen molar-refractivity contribution in [2.24, 2.45) is 0 Å². The first-order chi connectivity index (χ1) is 10.3. The van der Waals surface area contributed by atoms with E-state index in [2.05, 4.69) is 4.98 Å². The fourth-order valence-electron chi connectivity index (χ4n) is 2.08. The number of aromatic nitrogens is 1. The standard InChI is InChI=1S/C16H16F2N2O2/c1-9(11-4-5-13(17)14(18)6-11)20(3)16(22)15-7-12(8-19-15)10(2)21/h4-9,19H,1-3H3. The summed E-state index contributed by atoms with van der Waals surface area (Å²) in [6.45, 7) is 3.12. The molecule has 0 bridgehead atoms. The average molecular weight is 306 g/mol. The molecule has 0 aliphatic heterocycles. The SMILES string of the molecule is CC(=O)c1c[nH]c(C(=O)N(C)C(C)c2ccc(F)c(F)c2)c1. The number of hydrogen-bond acceptors (Lipinski definition) is 2. The lowest BCUT2D eigenvalue weighted by Crippen LogP contribution is -2.30. The Morgan fingerprint density at radius 1 is 1.18 bits per heavy atom. The van der Waals surface area contributed by atoms with Crippen LogP contribution in [0.5, 0.6) is 0 Å². The lowest BCUT2D eigenvalue weighted by Gasteiger charge is -2.25. The Balaban J connectivity index is 2.21. The minimum absolute atomic E-state index is 0.147. The Bertz CT molecular complexity index is 725. The van der Waals surface area contributed by atoms with Crippen LogP contribution in [0.3, 0.4) is 0 Å². The summed E-state index contributed by atoms with van der Waals surface area (Å²) >= 11 is 0. The summed E-state index contributed by atoms with van der Waals surface area (Å²) in [5, 5.41) is 0. The minimum Gasteiger partial charge on any atom is -0.356 e. The molecule has 0 spiro atoms. The van der Waals surface area contributed by atoms with E-state index in [1.807, 2.05) is 0 Å². The molecule has 1 heterocycles. The number of nitrogens with one attached hydrogen (secondary N) is 1. The predicted octanol–water partition coefficient (Wildman–Crippen LogP) is 3.33. The van der Waals surface area contributed by atoms with E-state index in [-0.39, 0.29) is 17.4 Å². The van der Waals surface area contributed by atoms with Crippen LogP contribution in [0.4, 0.5) is 8.78 Å². The van der Waals surface area contributed by atoms with Crippen LogP contribution in [0.2, 0.25) is 0 Å². The molecule has 2 aromatic rings. The Morgan fingerprint density at radius 2 is 1.86 bits per heavy atom. The van der Waals surface area contributed by atoms with Crippen LogP contribution >= 0.6 is 0 Å². The maximum Gasteiger partial charge on any atom is 0.270 e. The molecule has 0 aliphatic carbocycles. The number of H-pyrrole nitrogens is 1. The molecule has 1 unspecified atom stereocenters. The van der Waals surface area contributed by atoms with E-state index in [0.717, 1.165) is 12.1 Å². The molecular weight excluding hydrogens is 290 g/mol. The van der Waals surface area contributed by atoms with Crippen LogP contribution in [-0.2, 0) is 0 Å². The number of benzene rings is 1. The van der Waals surface area contributed by atoms with Crippen LogP contribution in [0.1, 0.15) is 46.3 Å². The number of ketones is 1. The van der Waals surface area contributed by atoms with Crippen LogP contribution in [0, 0.1) is 11.6 Å². The molecule has 0 saturated heterocycles. The Hall–Kier alpha value is -2.50. The number of rotatable bonds is 4. The van der Waals surface area contributed by atoms with Gasteiger partial charge in [0.05, 0.1) is 6.04 Å². The second-order valence-electron chi connectivity index (χ2n) is 5.12. The third kappa shape index (κ3) is 3.05. The second-order valence-corrected chi connectivity index (χ2v) is 5.12. The molecule has 22 heavy (non-hydrogen) atoms. The largest absolute Gasteiger partial charge is 0.356 e. The zero-order valence-electron chi connectivity index (χ0n) is 12.5. The van der Waals surface area contributed by atoms with Crippen molar-refractivity contribution < 1.29 is 18.4 Å². The first-order valence-electron chi connectivity index (χ1n) is 6.72. The molecule has 1 aromatic carbocycles. The zero-order chi connectivity index (χ0) is 16.4. The van der Waals surface area contributed by atoms with Gasteiger partial charge >= 0.3 is 0 Å². The van der Waals surface area contributed by atoms with Crippen LogP contribution in [0.15, 0.2) is 30.5 Å². The van der Waals surface area contributed by atoms with Crippen molar-refractivity contribution in [2.45, 2.75) is 19.9 Å². The zero-order valence-corrected chi connectivity index (χ0v) is 12.5. The highest BCUT2D eigenvalue weighted by atomic mass is 19.2. The Kier molecular flexibility index (Phi) is 4.40. The monoisotopic (exact) mass is 306 g/mol. The minimum atomic E-state index is -0.955. The Morgan fingerprint density at radius 3 is 2.41 bits per heavy atom. The van der Waals surface area contributed by atoms with Crippen LogP contribution in [-0.4, -0.2) is 28.6 Å². The van der Waals surface area contributed by atoms with Gasteiger partial charge in [-0.25, -0.2) is 8.78 Å². The van der Waals surface area contributed by atoms with Gasteiger partial charge in [-0.3, -0.25) is 9.59 Å². The van der Waals surface area contributed by atoms with Gasteiger partial charge in [0.1, 0.15) is 5.69 Å². The molecule has 1 N–H and O–H groups in total. The molecule has 6 heteroatoms. The summed E-state index contributed by atoms with van der Waals surface area (Å²) in [6, 6.07) is 4.55. The van der Waals surface area contributed by atoms with Gasteiger partial charge < -0.3 is 9.88 Å². The highest BCUT2D eigenvalue weighted by molar-refractivity contribution is 5.99. The molecule has 4 nitrogen and oxygen atoms in total. The van der Waals surface area contributed by atoms with E-state index in [4.69, 9.17) is 0 Å². The predicted molar refractivity (Wildman–Crippen MR) is 77.7 cm³/mol. The molecule has 2 rings (SSSR count). The summed E-state index contributed by atoms with van der Waals surface area (Å²) in [5.74, 6) is -2.37. The van der Waals surface area contributed by atoms with Crippen molar-refractivity contribution in [1.82, 2.24) is 9.88 Å². The van der Waals surface area contributed by atoms with E-state index in [1.165, 1.54) is 30.2 Å². The molecule has 0 aliphatic rings. The molecule has 1 amide bonds. The van der Waals surface area contributed by atoms with Crippen molar-refractivity contribution in [3.05, 3.63) is 58.9 Å². The Labute approximate surface area is 126 Å². The summed E-state index contributed by atoms with van der Waals surface area (Å²) in [4.78, 5) is 27.8. The van der Waals surface area contributed by atoms with Crippen LogP contribution in [0.25, 0.3) is 0 Å². The van der Waals surface area contributed by atoms with Gasteiger partial charge in [0, 0.05) is 18.8 Å². The van der Waals surface area contributed by atoms with Gasteiger partial charge in [0.15, 0.2) is 17.4 Å². The highest BCUT2D eigenvalue weighted by Gasteiger charge is 2.21. The van der Waals surface area contributed by atoms with Crippen molar-refractivity contribution in [3.8, 4) is 0 Å². The van der Waals surface area contributed by atoms with E-state index in [9.17, 15) is 18.4 Å². The summed E-state index contributed by atoms with van der Waals surface area (Å²) < 4.78 is 26.3. The number of carbonyl (C=O) groups is 2. The second kappa shape index (κ2) is 6.09. The van der Waals surface area contributed by atoms with Gasteiger partial charge in [-0.15, -0.1) is 0 Å². The van der Waals surface area contributed by atoms with Gasteiger partial charge in [-0.2, -0.15) is 0 Å². The topological polar surface area (TPSA) is 53.2 Å². The fraction of sp³-hybridized carbons (Fsp3) is 0.250. The number of aromatic amines is 1. The molecule has 1 atom stereocenters. The smallest absolute Gasteiger partial charge is 0.270 e. The number of carbonyl (C=O) groups excluding carboxylic acids is 2. The normalized spacial score (nSPS) is 12.0. The van der Waals surface area contributed by atoms with Gasteiger partial charge in [-0.05, 0) is 37.6 Å². The number of halogens is 2. The maximum atomic E-state index is 13.3. The number of hydrogen-bond donors (Lipinski definition) is 1. The van der Waals surface area contributed by atoms with E-state index < -0.39 is 17.7 Å². The van der Waals surface area contributed by atoms with E-state index >= 15 is 0 Å². The molecule has 0 fully saturated rings. The molecule has 1 aromatic heterocycles. The third-order valence-electron chi connectivity index (χ3n) is 3.65. The number of nitrogens with zero attached hydrogens (tertiary/aromatic N) is 1. The third-order valence-corrected chi connectivity index (χ3v) is 3.65. The highest BCUT2D eigenvalue weighted by Crippen LogP contribution is 2.22. The summed E-state index contributed by atoms with van der Waals surface area (Å²) in [7, 11) is 1.56.